The molecule has 7 aromatic rings. The first-order valence-corrected chi connectivity index (χ1v) is 19.8. The highest BCUT2D eigenvalue weighted by Gasteiger charge is 2.40. The number of anilines is 3. The normalized spacial score (nSPS) is 14.4. The Kier molecular flexibility index (Phi) is 7.09. The second-order valence-electron chi connectivity index (χ2n) is 13.7. The van der Waals surface area contributed by atoms with Gasteiger partial charge in [-0.3, -0.25) is 0 Å². The summed E-state index contributed by atoms with van der Waals surface area (Å²) >= 11 is 6.74. The lowest BCUT2D eigenvalue weighted by molar-refractivity contribution is 0.626. The number of allylic oxidation sites excluding steroid dienone is 1. The fourth-order valence-electron chi connectivity index (χ4n) is 8.23. The highest BCUT2D eigenvalue weighted by atomic mass is 32.4. The number of hydrogen-bond acceptors (Lipinski definition) is 2. The van der Waals surface area contributed by atoms with E-state index in [2.05, 4.69) is 189 Å². The lowest BCUT2D eigenvalue weighted by Gasteiger charge is -2.44. The van der Waals surface area contributed by atoms with Crippen LogP contribution in [0.3, 0.4) is 0 Å². The van der Waals surface area contributed by atoms with Crippen molar-refractivity contribution in [2.75, 3.05) is 4.90 Å². The molecule has 0 aromatic heterocycles. The van der Waals surface area contributed by atoms with Crippen LogP contribution >= 0.6 is 6.04 Å². The van der Waals surface area contributed by atoms with E-state index in [0.717, 1.165) is 6.42 Å². The minimum absolute atomic E-state index is 0.194. The van der Waals surface area contributed by atoms with Crippen molar-refractivity contribution in [2.24, 2.45) is 0 Å². The van der Waals surface area contributed by atoms with Crippen molar-refractivity contribution in [2.45, 2.75) is 25.7 Å². The second-order valence-corrected chi connectivity index (χ2v) is 18.1. The van der Waals surface area contributed by atoms with Gasteiger partial charge in [0.25, 0.3) is 0 Å². The molecule has 49 heavy (non-hydrogen) atoms. The van der Waals surface area contributed by atoms with Gasteiger partial charge >= 0.3 is 0 Å². The van der Waals surface area contributed by atoms with E-state index in [1.807, 2.05) is 0 Å². The van der Waals surface area contributed by atoms with Crippen LogP contribution in [0.15, 0.2) is 164 Å². The number of hydrogen-bond donors (Lipinski definition) is 0. The summed E-state index contributed by atoms with van der Waals surface area (Å²) < 4.78 is 0. The van der Waals surface area contributed by atoms with E-state index in [0.29, 0.717) is 0 Å². The van der Waals surface area contributed by atoms with Crippen molar-refractivity contribution in [3.8, 4) is 11.1 Å². The summed E-state index contributed by atoms with van der Waals surface area (Å²) in [6.45, 7) is 4.82. The third-order valence-corrected chi connectivity index (χ3v) is 15.4. The quantitative estimate of drug-likeness (QED) is 0.168. The average Bonchev–Trinajstić information content (AvgIpc) is 3.15. The Bertz CT molecular complexity index is 2420. The van der Waals surface area contributed by atoms with Crippen LogP contribution < -0.4 is 20.8 Å². The van der Waals surface area contributed by atoms with Crippen LogP contribution in [0.2, 0.25) is 0 Å². The molecule has 236 valence electrons. The fraction of sp³-hybridized carbons (Fsp3) is 0.0870. The zero-order chi connectivity index (χ0) is 33.2. The molecule has 9 rings (SSSR count). The van der Waals surface area contributed by atoms with Crippen molar-refractivity contribution in [1.29, 1.82) is 0 Å². The van der Waals surface area contributed by atoms with E-state index in [1.54, 1.807) is 0 Å². The molecular formula is C46H36NPS. The van der Waals surface area contributed by atoms with Crippen LogP contribution in [0.1, 0.15) is 36.1 Å². The number of fused-ring (bicyclic) bond motifs is 3. The van der Waals surface area contributed by atoms with Crippen LogP contribution in [0.5, 0.6) is 0 Å². The van der Waals surface area contributed by atoms with E-state index in [1.165, 1.54) is 77.1 Å². The Morgan fingerprint density at radius 2 is 1.22 bits per heavy atom. The molecule has 7 aromatic carbocycles. The van der Waals surface area contributed by atoms with Crippen molar-refractivity contribution < 1.29 is 0 Å². The molecule has 0 N–H and O–H groups in total. The highest BCUT2D eigenvalue weighted by molar-refractivity contribution is 8.25. The SMILES string of the molecule is CC1(C)c2ccc(-c3cccc(P(=S)(c4ccccc4)c4ccccc4)c3)cc2N(c2ccccc2)c2cc3cccc4c3c(c21)CC=C4. The first-order chi connectivity index (χ1) is 23.9. The maximum Gasteiger partial charge on any atom is 0.0511 e. The minimum Gasteiger partial charge on any atom is -0.310 e. The zero-order valence-electron chi connectivity index (χ0n) is 27.7. The monoisotopic (exact) mass is 665 g/mol. The lowest BCUT2D eigenvalue weighted by Crippen LogP contribution is -2.32. The molecule has 0 unspecified atom stereocenters. The minimum atomic E-state index is -2.29. The van der Waals surface area contributed by atoms with Gasteiger partial charge in [-0.2, -0.15) is 0 Å². The molecule has 0 atom stereocenters. The van der Waals surface area contributed by atoms with Crippen LogP contribution in [0, 0.1) is 0 Å². The maximum atomic E-state index is 6.74. The molecule has 1 heterocycles. The van der Waals surface area contributed by atoms with Crippen molar-refractivity contribution >= 4 is 67.7 Å². The topological polar surface area (TPSA) is 3.24 Å². The molecule has 1 aliphatic carbocycles. The molecule has 1 nitrogen and oxygen atoms in total. The van der Waals surface area contributed by atoms with E-state index in [-0.39, 0.29) is 5.41 Å². The van der Waals surface area contributed by atoms with Gasteiger partial charge in [0.2, 0.25) is 0 Å². The number of rotatable bonds is 5. The molecule has 0 saturated heterocycles. The molecule has 0 bridgehead atoms. The molecule has 0 spiro atoms. The molecule has 0 radical (unpaired) electrons. The van der Waals surface area contributed by atoms with Gasteiger partial charge < -0.3 is 4.90 Å². The van der Waals surface area contributed by atoms with Gasteiger partial charge in [-0.25, -0.2) is 0 Å². The maximum absolute atomic E-state index is 6.74. The molecule has 2 aliphatic rings. The summed E-state index contributed by atoms with van der Waals surface area (Å²) in [6.07, 6.45) is 5.56. The van der Waals surface area contributed by atoms with Gasteiger partial charge in [0.05, 0.1) is 11.4 Å². The van der Waals surface area contributed by atoms with Crippen molar-refractivity contribution in [3.63, 3.8) is 0 Å². The van der Waals surface area contributed by atoms with E-state index in [9.17, 15) is 0 Å². The van der Waals surface area contributed by atoms with Crippen molar-refractivity contribution in [3.05, 3.63) is 186 Å². The molecule has 0 saturated carbocycles. The Labute approximate surface area is 294 Å². The summed E-state index contributed by atoms with van der Waals surface area (Å²) in [5, 5.41) is 6.32. The van der Waals surface area contributed by atoms with Gasteiger partial charge in [0.15, 0.2) is 0 Å². The highest BCUT2D eigenvalue weighted by Crippen LogP contribution is 2.56. The third-order valence-electron chi connectivity index (χ3n) is 10.5. The van der Waals surface area contributed by atoms with Gasteiger partial charge in [0, 0.05) is 17.1 Å². The van der Waals surface area contributed by atoms with Gasteiger partial charge in [0.1, 0.15) is 0 Å². The summed E-state index contributed by atoms with van der Waals surface area (Å²) in [6, 6.07) is 55.2. The number of nitrogens with zero attached hydrogens (tertiary/aromatic N) is 1. The number of para-hydroxylation sites is 1. The summed E-state index contributed by atoms with van der Waals surface area (Å²) in [7, 11) is 0. The van der Waals surface area contributed by atoms with E-state index < -0.39 is 6.04 Å². The average molecular weight is 666 g/mol. The predicted octanol–water partition coefficient (Wildman–Crippen LogP) is 10.9. The Balaban J connectivity index is 1.25. The summed E-state index contributed by atoms with van der Waals surface area (Å²) in [4.78, 5) is 2.50. The summed E-state index contributed by atoms with van der Waals surface area (Å²) in [5.74, 6) is 0. The molecular weight excluding hydrogens is 630 g/mol. The van der Waals surface area contributed by atoms with Gasteiger partial charge in [-0.05, 0) is 96.8 Å². The first-order valence-electron chi connectivity index (χ1n) is 17.0. The van der Waals surface area contributed by atoms with E-state index in [4.69, 9.17) is 11.8 Å². The molecule has 0 fully saturated rings. The predicted molar refractivity (Wildman–Crippen MR) is 215 cm³/mol. The first kappa shape index (κ1) is 30.1. The molecule has 0 amide bonds. The molecule has 3 heteroatoms. The Morgan fingerprint density at radius 3 is 1.94 bits per heavy atom. The van der Waals surface area contributed by atoms with Gasteiger partial charge in [-0.15, -0.1) is 0 Å². The Hall–Kier alpha value is -5.01. The number of benzene rings is 7. The largest absolute Gasteiger partial charge is 0.310 e. The van der Waals surface area contributed by atoms with Gasteiger partial charge in [-0.1, -0.05) is 165 Å². The Morgan fingerprint density at radius 1 is 0.592 bits per heavy atom. The zero-order valence-corrected chi connectivity index (χ0v) is 29.4. The van der Waals surface area contributed by atoms with Crippen LogP contribution in [-0.4, -0.2) is 0 Å². The fourth-order valence-corrected chi connectivity index (χ4v) is 12.0. The standard InChI is InChI=1S/C46H36NPS/c1-46(2)41-28-27-34(33-17-13-25-39(29-33)48(49,37-21-8-4-9-22-37)38-23-10-5-11-24-38)30-42(41)47(36-19-6-3-7-20-36)43-31-35-18-12-15-32-16-14-26-40(44(32)35)45(43)46/h3-25,27-31H,26H2,1-2H3. The van der Waals surface area contributed by atoms with Crippen LogP contribution in [0.4, 0.5) is 17.1 Å². The third kappa shape index (κ3) is 4.70. The van der Waals surface area contributed by atoms with E-state index >= 15 is 0 Å². The summed E-state index contributed by atoms with van der Waals surface area (Å²) in [5.41, 5.74) is 11.4. The smallest absolute Gasteiger partial charge is 0.0511 e. The molecule has 1 aliphatic heterocycles. The van der Waals surface area contributed by atoms with Crippen molar-refractivity contribution in [1.82, 2.24) is 0 Å². The second kappa shape index (κ2) is 11.6. The lowest BCUT2D eigenvalue weighted by atomic mass is 9.69. The van der Waals surface area contributed by atoms with Crippen LogP contribution in [0.25, 0.3) is 28.0 Å². The van der Waals surface area contributed by atoms with Crippen LogP contribution in [-0.2, 0) is 23.6 Å².